The number of rotatable bonds is 33. The van der Waals surface area contributed by atoms with Crippen molar-refractivity contribution in [1.29, 1.82) is 0 Å². The molecule has 7 N–H and O–H groups in total. The lowest BCUT2D eigenvalue weighted by Gasteiger charge is -2.35. The molecular formula is C62H80ClN10O16S5+. The Morgan fingerprint density at radius 1 is 0.755 bits per heavy atom. The predicted molar refractivity (Wildman–Crippen MR) is 361 cm³/mol. The Hall–Kier alpha value is -6.59. The van der Waals surface area contributed by atoms with E-state index in [4.69, 9.17) is 21.1 Å². The van der Waals surface area contributed by atoms with Crippen LogP contribution in [-0.4, -0.2) is 184 Å². The van der Waals surface area contributed by atoms with Gasteiger partial charge in [0, 0.05) is 99.2 Å². The van der Waals surface area contributed by atoms with E-state index in [2.05, 4.69) is 40.7 Å². The zero-order valence-corrected chi connectivity index (χ0v) is 57.7. The summed E-state index contributed by atoms with van der Waals surface area (Å²) in [6.07, 6.45) is 12.6. The van der Waals surface area contributed by atoms with Gasteiger partial charge in [-0.15, -0.1) is 0 Å². The number of amides is 2. The smallest absolute Gasteiger partial charge is 0.294 e. The average molecular weight is 1420 g/mol. The first kappa shape index (κ1) is 73.2. The number of nitrogens with one attached hydrogen (secondary N) is 3. The molecule has 26 nitrogen and oxygen atoms in total. The van der Waals surface area contributed by atoms with Gasteiger partial charge in [0.15, 0.2) is 10.8 Å². The van der Waals surface area contributed by atoms with E-state index in [1.807, 2.05) is 62.3 Å². The standard InChI is InChI=1S/C62H79ClN10O16S5/c1-43-15-12-16-49(63)58(43)69-59(75)52-42-65-60(90-52)68-55-41-56(67-44(2)66-55)71-30-28-70(29-31-71)32-34-89-36-35-88-33-25-64-57(74)19-10-7-11-24-62(5)48-40-46(94(85,86)87)21-23-51(48)73(27-14-38-92(79,80)81)54(62)18-9-6-8-17-53-61(3,4)47-39-45(93(82,83)84)20-22-50(47)72(53)26-13-37-91(76,77)78/h6,8-9,12,15-18,20-23,39-42H,7,10-11,13-14,19,24-38H2,1-5H3,(H6-,64,65,66,67,68,69,74,75,76,77,78,79,80,81,82,83,84,85,86,87)/p+1. The second kappa shape index (κ2) is 31.5. The summed E-state index contributed by atoms with van der Waals surface area (Å²) in [4.78, 5) is 45.7. The number of nitrogens with zero attached hydrogens (tertiary/aromatic N) is 7. The molecule has 1 unspecified atom stereocenters. The van der Waals surface area contributed by atoms with E-state index in [0.717, 1.165) is 44.1 Å². The minimum Gasteiger partial charge on any atom is -0.378 e. The van der Waals surface area contributed by atoms with Crippen LogP contribution in [-0.2, 0) is 65.6 Å². The Morgan fingerprint density at radius 2 is 1.44 bits per heavy atom. The molecule has 3 aliphatic heterocycles. The van der Waals surface area contributed by atoms with Crippen LogP contribution in [0.1, 0.15) is 97.9 Å². The zero-order chi connectivity index (χ0) is 68.2. The van der Waals surface area contributed by atoms with Gasteiger partial charge in [0.05, 0.1) is 70.0 Å². The number of para-hydroxylation sites is 1. The molecule has 5 aromatic rings. The summed E-state index contributed by atoms with van der Waals surface area (Å²) in [6.45, 7) is 15.2. The average Bonchev–Trinajstić information content (AvgIpc) is 1.59. The minimum absolute atomic E-state index is 0.00470. The fourth-order valence-electron chi connectivity index (χ4n) is 11.7. The molecule has 1 fully saturated rings. The van der Waals surface area contributed by atoms with Crippen molar-refractivity contribution >= 4 is 115 Å². The summed E-state index contributed by atoms with van der Waals surface area (Å²) in [5.41, 5.74) is 3.14. The third-order valence-electron chi connectivity index (χ3n) is 16.5. The molecule has 3 aliphatic rings. The van der Waals surface area contributed by atoms with Gasteiger partial charge in [-0.1, -0.05) is 66.1 Å². The van der Waals surface area contributed by atoms with Crippen LogP contribution in [0, 0.1) is 13.8 Å². The van der Waals surface area contributed by atoms with Crippen molar-refractivity contribution in [3.05, 3.63) is 135 Å². The van der Waals surface area contributed by atoms with Crippen LogP contribution in [0.15, 0.2) is 113 Å². The number of unbranched alkanes of at least 4 members (excludes halogenated alkanes) is 2. The van der Waals surface area contributed by atoms with Crippen LogP contribution in [0.2, 0.25) is 5.02 Å². The number of aromatic nitrogens is 3. The monoisotopic (exact) mass is 1420 g/mol. The number of piperazine rings is 1. The molecule has 3 aromatic carbocycles. The number of hydrogen-bond acceptors (Lipinski definition) is 20. The third kappa shape index (κ3) is 19.8. The minimum atomic E-state index is -4.66. The summed E-state index contributed by atoms with van der Waals surface area (Å²) in [6, 6.07) is 15.6. The van der Waals surface area contributed by atoms with Crippen molar-refractivity contribution in [3.63, 3.8) is 0 Å². The Labute approximate surface area is 558 Å². The molecule has 0 bridgehead atoms. The molecule has 2 aromatic heterocycles. The molecule has 1 saturated heterocycles. The van der Waals surface area contributed by atoms with Gasteiger partial charge in [0.1, 0.15) is 28.9 Å². The van der Waals surface area contributed by atoms with Crippen molar-refractivity contribution < 1.29 is 75.5 Å². The van der Waals surface area contributed by atoms with E-state index in [9.17, 15) is 61.5 Å². The van der Waals surface area contributed by atoms with Gasteiger partial charge < -0.3 is 35.2 Å². The number of carbonyl (C=O) groups is 2. The molecule has 0 saturated carbocycles. The third-order valence-corrected chi connectivity index (χ3v) is 21.0. The largest absolute Gasteiger partial charge is 0.378 e. The normalized spacial score (nSPS) is 17.4. The molecule has 94 heavy (non-hydrogen) atoms. The summed E-state index contributed by atoms with van der Waals surface area (Å²) >= 11 is 7.51. The number of carbonyl (C=O) groups excluding carboxylic acids is 2. The van der Waals surface area contributed by atoms with E-state index < -0.39 is 62.8 Å². The molecular weight excluding hydrogens is 1340 g/mol. The van der Waals surface area contributed by atoms with Gasteiger partial charge in [-0.3, -0.25) is 32.7 Å². The van der Waals surface area contributed by atoms with Crippen LogP contribution >= 0.6 is 22.9 Å². The first-order valence-electron chi connectivity index (χ1n) is 30.5. The summed E-state index contributed by atoms with van der Waals surface area (Å²) < 4.78 is 149. The number of halogens is 1. The van der Waals surface area contributed by atoms with Crippen LogP contribution in [0.25, 0.3) is 0 Å². The van der Waals surface area contributed by atoms with E-state index in [1.54, 1.807) is 36.4 Å². The highest BCUT2D eigenvalue weighted by Gasteiger charge is 2.46. The van der Waals surface area contributed by atoms with Gasteiger partial charge in [-0.05, 0) is 107 Å². The highest BCUT2D eigenvalue weighted by atomic mass is 35.5. The van der Waals surface area contributed by atoms with Crippen LogP contribution < -0.4 is 25.8 Å². The highest BCUT2D eigenvalue weighted by Crippen LogP contribution is 2.52. The van der Waals surface area contributed by atoms with Gasteiger partial charge in [-0.25, -0.2) is 15.0 Å². The zero-order valence-electron chi connectivity index (χ0n) is 52.8. The molecule has 0 radical (unpaired) electrons. The topological polar surface area (TPSA) is 358 Å². The Kier molecular flexibility index (Phi) is 24.6. The molecule has 1 atom stereocenters. The number of hydrogen-bond donors (Lipinski definition) is 7. The van der Waals surface area contributed by atoms with Gasteiger partial charge in [0.25, 0.3) is 46.4 Å². The molecule has 510 valence electrons. The van der Waals surface area contributed by atoms with E-state index in [1.165, 1.54) is 53.9 Å². The van der Waals surface area contributed by atoms with E-state index in [0.29, 0.717) is 118 Å². The van der Waals surface area contributed by atoms with E-state index >= 15 is 0 Å². The second-order valence-electron chi connectivity index (χ2n) is 23.7. The quantitative estimate of drug-likeness (QED) is 0.00898. The summed E-state index contributed by atoms with van der Waals surface area (Å²) in [7, 11) is -17.9. The molecule has 0 aliphatic carbocycles. The maximum atomic E-state index is 13.0. The fraction of sp³-hybridized carbons (Fsp3) is 0.452. The number of thiazole rings is 1. The molecule has 8 rings (SSSR count). The molecule has 5 heterocycles. The molecule has 32 heteroatoms. The maximum Gasteiger partial charge on any atom is 0.294 e. The lowest BCUT2D eigenvalue weighted by molar-refractivity contribution is -0.437. The summed E-state index contributed by atoms with van der Waals surface area (Å²) in [5, 5.41) is 9.95. The van der Waals surface area contributed by atoms with Crippen LogP contribution in [0.4, 0.5) is 33.8 Å². The fourth-order valence-corrected chi connectivity index (χ4v) is 14.7. The number of anilines is 5. The van der Waals surface area contributed by atoms with Crippen molar-refractivity contribution in [1.82, 2.24) is 25.2 Å². The predicted octanol–water partition coefficient (Wildman–Crippen LogP) is 8.32. The highest BCUT2D eigenvalue weighted by molar-refractivity contribution is 7.86. The maximum absolute atomic E-state index is 13.0. The van der Waals surface area contributed by atoms with Crippen molar-refractivity contribution in [2.75, 3.05) is 111 Å². The number of benzene rings is 3. The van der Waals surface area contributed by atoms with Gasteiger partial charge >= 0.3 is 0 Å². The van der Waals surface area contributed by atoms with Crippen molar-refractivity contribution in [2.45, 2.75) is 100 Å². The Balaban J connectivity index is 0.785. The number of fused-ring (bicyclic) bond motifs is 2. The van der Waals surface area contributed by atoms with Crippen molar-refractivity contribution in [3.8, 4) is 0 Å². The Bertz CT molecular complexity index is 4170. The number of aryl methyl sites for hydroxylation is 2. The molecule has 2 amide bonds. The SMILES string of the molecule is Cc1nc(Nc2ncc(C(=O)Nc3c(C)cccc3Cl)s2)cc(N2CCN(CCOCCOCCNC(=O)CCCCCC3(C)\C(=C/C=C/C=C/C4=[N+](CCCS(=O)(=O)O)c5ccc(S(=O)(=O)O)cc5C4(C)C)N(CCCS(=O)(=O)O)c4ccc(S(=O)(=O)O)cc43)CC2)n1. The summed E-state index contributed by atoms with van der Waals surface area (Å²) in [5.74, 6) is 0.388. The van der Waals surface area contributed by atoms with Crippen LogP contribution in [0.3, 0.4) is 0 Å². The first-order chi connectivity index (χ1) is 44.3. The van der Waals surface area contributed by atoms with Crippen molar-refractivity contribution in [2.24, 2.45) is 0 Å². The van der Waals surface area contributed by atoms with Gasteiger partial charge in [-0.2, -0.15) is 38.2 Å². The van der Waals surface area contributed by atoms with Gasteiger partial charge in [0.2, 0.25) is 11.6 Å². The first-order valence-corrected chi connectivity index (χ1v) is 37.8. The van der Waals surface area contributed by atoms with E-state index in [-0.39, 0.29) is 60.6 Å². The lowest BCUT2D eigenvalue weighted by atomic mass is 9.77. The number of allylic oxidation sites excluding steroid dienone is 6. The molecule has 0 spiro atoms. The second-order valence-corrected chi connectivity index (χ2v) is 31.1. The van der Waals surface area contributed by atoms with Crippen LogP contribution in [0.5, 0.6) is 0 Å². The lowest BCUT2D eigenvalue weighted by Crippen LogP contribution is -2.47. The Morgan fingerprint density at radius 3 is 2.13 bits per heavy atom. The number of ether oxygens (including phenoxy) is 2.